The molecule has 0 amide bonds. The van der Waals surface area contributed by atoms with Crippen molar-refractivity contribution in [3.63, 3.8) is 0 Å². The van der Waals surface area contributed by atoms with Crippen molar-refractivity contribution in [1.29, 1.82) is 0 Å². The third-order valence-electron chi connectivity index (χ3n) is 3.24. The van der Waals surface area contributed by atoms with Crippen LogP contribution in [-0.2, 0) is 12.0 Å². The number of aromatic nitrogens is 1. The van der Waals surface area contributed by atoms with Gasteiger partial charge in [-0.05, 0) is 24.7 Å². The molecular weight excluding hydrogens is 236 g/mol. The van der Waals surface area contributed by atoms with Gasteiger partial charge in [-0.3, -0.25) is 0 Å². The monoisotopic (exact) mass is 258 g/mol. The summed E-state index contributed by atoms with van der Waals surface area (Å²) in [5, 5.41) is 4.38. The molecule has 0 saturated heterocycles. The lowest BCUT2D eigenvalue weighted by molar-refractivity contribution is 0.418. The van der Waals surface area contributed by atoms with Crippen molar-refractivity contribution in [2.75, 3.05) is 14.2 Å². The second kappa shape index (κ2) is 5.17. The van der Waals surface area contributed by atoms with Gasteiger partial charge in [-0.1, -0.05) is 32.9 Å². The molecule has 0 aliphatic heterocycles. The summed E-state index contributed by atoms with van der Waals surface area (Å²) in [5.41, 5.74) is 3.33. The number of fused-ring (bicyclic) bond motifs is 1. The molecule has 2 aromatic rings. The molecule has 0 radical (unpaired) electrons. The van der Waals surface area contributed by atoms with Gasteiger partial charge in [0.1, 0.15) is 11.3 Å². The number of hydrogen-bond donors (Lipinski definition) is 1. The summed E-state index contributed by atoms with van der Waals surface area (Å²) >= 11 is 0. The maximum Gasteiger partial charge on any atom is 0.145 e. The van der Waals surface area contributed by atoms with Gasteiger partial charge < -0.3 is 10.1 Å². The van der Waals surface area contributed by atoms with Gasteiger partial charge in [0.15, 0.2) is 0 Å². The summed E-state index contributed by atoms with van der Waals surface area (Å²) in [6, 6.07) is 8.27. The Labute approximate surface area is 115 Å². The summed E-state index contributed by atoms with van der Waals surface area (Å²) in [7, 11) is 3.65. The first-order valence-electron chi connectivity index (χ1n) is 6.59. The molecule has 0 aliphatic carbocycles. The number of nitrogens with zero attached hydrogens (tertiary/aromatic N) is 1. The fraction of sp³-hybridized carbons (Fsp3) is 0.438. The first kappa shape index (κ1) is 13.8. The highest BCUT2D eigenvalue weighted by molar-refractivity contribution is 5.87. The number of para-hydroxylation sites is 1. The molecule has 3 heteroatoms. The van der Waals surface area contributed by atoms with E-state index in [2.05, 4.69) is 38.2 Å². The average Bonchev–Trinajstić information content (AvgIpc) is 2.37. The minimum Gasteiger partial charge on any atom is -0.494 e. The van der Waals surface area contributed by atoms with Crippen molar-refractivity contribution < 1.29 is 4.74 Å². The lowest BCUT2D eigenvalue weighted by atomic mass is 9.89. The normalized spacial score (nSPS) is 11.8. The van der Waals surface area contributed by atoms with Crippen LogP contribution < -0.4 is 10.1 Å². The zero-order chi connectivity index (χ0) is 14.0. The first-order valence-corrected chi connectivity index (χ1v) is 6.59. The van der Waals surface area contributed by atoms with E-state index in [0.29, 0.717) is 0 Å². The molecule has 0 atom stereocenters. The Hall–Kier alpha value is -1.61. The number of nitrogens with one attached hydrogen (secondary N) is 1. The van der Waals surface area contributed by atoms with E-state index in [1.165, 1.54) is 5.56 Å². The van der Waals surface area contributed by atoms with Crippen LogP contribution in [0.15, 0.2) is 24.3 Å². The van der Waals surface area contributed by atoms with E-state index in [1.807, 2.05) is 19.2 Å². The zero-order valence-electron chi connectivity index (χ0n) is 12.4. The highest BCUT2D eigenvalue weighted by Crippen LogP contribution is 2.30. The lowest BCUT2D eigenvalue weighted by Crippen LogP contribution is -2.16. The highest BCUT2D eigenvalue weighted by Gasteiger charge is 2.18. The molecule has 1 aromatic carbocycles. The molecule has 1 heterocycles. The first-order chi connectivity index (χ1) is 8.97. The lowest BCUT2D eigenvalue weighted by Gasteiger charge is -2.20. The summed E-state index contributed by atoms with van der Waals surface area (Å²) in [5.74, 6) is 0.834. The molecule has 0 bridgehead atoms. The van der Waals surface area contributed by atoms with Crippen molar-refractivity contribution in [2.24, 2.45) is 0 Å². The van der Waals surface area contributed by atoms with E-state index < -0.39 is 0 Å². The molecule has 102 valence electrons. The van der Waals surface area contributed by atoms with Crippen LogP contribution in [0.2, 0.25) is 0 Å². The van der Waals surface area contributed by atoms with Gasteiger partial charge in [0.05, 0.1) is 7.11 Å². The van der Waals surface area contributed by atoms with Crippen LogP contribution in [0, 0.1) is 0 Å². The van der Waals surface area contributed by atoms with E-state index in [-0.39, 0.29) is 5.41 Å². The quantitative estimate of drug-likeness (QED) is 0.917. The van der Waals surface area contributed by atoms with Crippen LogP contribution in [0.4, 0.5) is 0 Å². The number of rotatable bonds is 3. The van der Waals surface area contributed by atoms with Crippen LogP contribution in [-0.4, -0.2) is 19.1 Å². The highest BCUT2D eigenvalue weighted by atomic mass is 16.5. The number of methoxy groups -OCH3 is 1. The average molecular weight is 258 g/mol. The van der Waals surface area contributed by atoms with Crippen molar-refractivity contribution in [3.8, 4) is 5.75 Å². The molecule has 0 aliphatic rings. The Balaban J connectivity index is 2.76. The Morgan fingerprint density at radius 2 is 2.00 bits per heavy atom. The predicted octanol–water partition coefficient (Wildman–Crippen LogP) is 3.26. The smallest absolute Gasteiger partial charge is 0.145 e. The minimum atomic E-state index is 0.0253. The van der Waals surface area contributed by atoms with Gasteiger partial charge in [0.2, 0.25) is 0 Å². The molecule has 0 spiro atoms. The molecule has 0 unspecified atom stereocenters. The van der Waals surface area contributed by atoms with Crippen molar-refractivity contribution in [2.45, 2.75) is 32.7 Å². The van der Waals surface area contributed by atoms with E-state index in [4.69, 9.17) is 9.72 Å². The van der Waals surface area contributed by atoms with Gasteiger partial charge in [0, 0.05) is 23.0 Å². The number of hydrogen-bond acceptors (Lipinski definition) is 3. The molecule has 0 saturated carbocycles. The van der Waals surface area contributed by atoms with E-state index >= 15 is 0 Å². The maximum absolute atomic E-state index is 5.45. The van der Waals surface area contributed by atoms with Gasteiger partial charge in [-0.2, -0.15) is 0 Å². The molecule has 0 fully saturated rings. The second-order valence-corrected chi connectivity index (χ2v) is 5.80. The topological polar surface area (TPSA) is 34.2 Å². The zero-order valence-corrected chi connectivity index (χ0v) is 12.4. The standard InChI is InChI=1S/C16H22N2O/c1-16(2,3)14-9-11(10-17-4)12-7-6-8-13(19-5)15(12)18-14/h6-9,17H,10H2,1-5H3. The summed E-state index contributed by atoms with van der Waals surface area (Å²) < 4.78 is 5.45. The third kappa shape index (κ3) is 2.71. The molecule has 2 rings (SSSR count). The SMILES string of the molecule is CNCc1cc(C(C)(C)C)nc2c(OC)cccc12. The number of pyridine rings is 1. The Kier molecular flexibility index (Phi) is 3.76. The summed E-state index contributed by atoms with van der Waals surface area (Å²) in [6.45, 7) is 7.37. The van der Waals surface area contributed by atoms with Gasteiger partial charge in [0.25, 0.3) is 0 Å². The fourth-order valence-electron chi connectivity index (χ4n) is 2.18. The summed E-state index contributed by atoms with van der Waals surface area (Å²) in [4.78, 5) is 4.81. The Morgan fingerprint density at radius 1 is 1.26 bits per heavy atom. The van der Waals surface area contributed by atoms with Gasteiger partial charge in [-0.25, -0.2) is 4.98 Å². The number of benzene rings is 1. The van der Waals surface area contributed by atoms with Crippen LogP contribution >= 0.6 is 0 Å². The van der Waals surface area contributed by atoms with Crippen LogP contribution in [0.1, 0.15) is 32.0 Å². The van der Waals surface area contributed by atoms with Gasteiger partial charge in [-0.15, -0.1) is 0 Å². The Morgan fingerprint density at radius 3 is 2.58 bits per heavy atom. The second-order valence-electron chi connectivity index (χ2n) is 5.80. The predicted molar refractivity (Wildman–Crippen MR) is 79.8 cm³/mol. The van der Waals surface area contributed by atoms with E-state index in [1.54, 1.807) is 7.11 Å². The maximum atomic E-state index is 5.45. The van der Waals surface area contributed by atoms with Crippen molar-refractivity contribution in [3.05, 3.63) is 35.5 Å². The molecular formula is C16H22N2O. The van der Waals surface area contributed by atoms with E-state index in [9.17, 15) is 0 Å². The fourth-order valence-corrected chi connectivity index (χ4v) is 2.18. The van der Waals surface area contributed by atoms with Crippen molar-refractivity contribution >= 4 is 10.9 Å². The van der Waals surface area contributed by atoms with Crippen molar-refractivity contribution in [1.82, 2.24) is 10.3 Å². The van der Waals surface area contributed by atoms with Crippen LogP contribution in [0.5, 0.6) is 5.75 Å². The molecule has 19 heavy (non-hydrogen) atoms. The minimum absolute atomic E-state index is 0.0253. The van der Waals surface area contributed by atoms with E-state index in [0.717, 1.165) is 28.9 Å². The molecule has 1 aromatic heterocycles. The van der Waals surface area contributed by atoms with Crippen LogP contribution in [0.3, 0.4) is 0 Å². The molecule has 3 nitrogen and oxygen atoms in total. The number of ether oxygens (including phenoxy) is 1. The van der Waals surface area contributed by atoms with Crippen LogP contribution in [0.25, 0.3) is 10.9 Å². The third-order valence-corrected chi connectivity index (χ3v) is 3.24. The summed E-state index contributed by atoms with van der Waals surface area (Å²) in [6.07, 6.45) is 0. The van der Waals surface area contributed by atoms with Gasteiger partial charge >= 0.3 is 0 Å². The Bertz CT molecular complexity index is 585. The largest absolute Gasteiger partial charge is 0.494 e. The molecule has 1 N–H and O–H groups in total.